The second-order valence-corrected chi connectivity index (χ2v) is 8.09. The number of ether oxygens (including phenoxy) is 1. The highest BCUT2D eigenvalue weighted by Gasteiger charge is 2.28. The molecule has 2 heterocycles. The van der Waals surface area contributed by atoms with Crippen LogP contribution in [-0.2, 0) is 9.53 Å². The van der Waals surface area contributed by atoms with Crippen molar-refractivity contribution >= 4 is 28.9 Å². The normalized spacial score (nSPS) is 13.7. The van der Waals surface area contributed by atoms with Crippen molar-refractivity contribution in [2.75, 3.05) is 6.61 Å². The molecule has 0 spiro atoms. The fourth-order valence-corrected chi connectivity index (χ4v) is 4.01. The van der Waals surface area contributed by atoms with Crippen LogP contribution in [0.1, 0.15) is 68.0 Å². The number of hydrogen-bond acceptors (Lipinski definition) is 5. The lowest BCUT2D eigenvalue weighted by Crippen LogP contribution is -2.15. The van der Waals surface area contributed by atoms with E-state index in [4.69, 9.17) is 4.74 Å². The minimum atomic E-state index is -0.518. The van der Waals surface area contributed by atoms with Crippen molar-refractivity contribution in [3.63, 3.8) is 0 Å². The van der Waals surface area contributed by atoms with Crippen molar-refractivity contribution < 1.29 is 19.1 Å². The highest BCUT2D eigenvalue weighted by molar-refractivity contribution is 7.14. The summed E-state index contributed by atoms with van der Waals surface area (Å²) in [7, 11) is 0. The van der Waals surface area contributed by atoms with Gasteiger partial charge >= 0.3 is 5.97 Å². The van der Waals surface area contributed by atoms with E-state index in [1.165, 1.54) is 11.3 Å². The summed E-state index contributed by atoms with van der Waals surface area (Å²) in [6, 6.07) is 6.03. The summed E-state index contributed by atoms with van der Waals surface area (Å²) in [6.07, 6.45) is 2.39. The standard InChI is InChI=1S/C20H23NO4S/c1-12-10-16(14(3)21(12)15-5-6-15)18(23)11-25-20(24)9-7-17(22)19-8-4-13(2)26-19/h4,8,10,15H,5-7,9,11H2,1-3H3. The third-order valence-corrected chi connectivity index (χ3v) is 5.67. The molecular formula is C20H23NO4S. The van der Waals surface area contributed by atoms with Crippen LogP contribution in [0.3, 0.4) is 0 Å². The maximum absolute atomic E-state index is 12.4. The van der Waals surface area contributed by atoms with Gasteiger partial charge in [0.25, 0.3) is 0 Å². The largest absolute Gasteiger partial charge is 0.457 e. The molecule has 1 fully saturated rings. The Balaban J connectivity index is 1.49. The number of Topliss-reactive ketones (excluding diaryl/α,β-unsaturated/α-hetero) is 2. The van der Waals surface area contributed by atoms with E-state index in [0.29, 0.717) is 16.5 Å². The molecule has 0 bridgehead atoms. The Labute approximate surface area is 157 Å². The van der Waals surface area contributed by atoms with Gasteiger partial charge in [0, 0.05) is 34.3 Å². The summed E-state index contributed by atoms with van der Waals surface area (Å²) in [5, 5.41) is 0. The third-order valence-electron chi connectivity index (χ3n) is 4.63. The quantitative estimate of drug-likeness (QED) is 0.514. The smallest absolute Gasteiger partial charge is 0.306 e. The van der Waals surface area contributed by atoms with E-state index in [1.54, 1.807) is 6.07 Å². The number of esters is 1. The molecule has 2 aromatic heterocycles. The second kappa shape index (κ2) is 7.58. The predicted octanol–water partition coefficient (Wildman–Crippen LogP) is 4.20. The van der Waals surface area contributed by atoms with Crippen LogP contribution in [-0.4, -0.2) is 28.7 Å². The van der Waals surface area contributed by atoms with Crippen molar-refractivity contribution in [3.8, 4) is 0 Å². The Hall–Kier alpha value is -2.21. The van der Waals surface area contributed by atoms with E-state index in [2.05, 4.69) is 4.57 Å². The van der Waals surface area contributed by atoms with Crippen molar-refractivity contribution in [3.05, 3.63) is 44.9 Å². The molecule has 0 unspecified atom stereocenters. The molecule has 1 aliphatic rings. The molecule has 5 nitrogen and oxygen atoms in total. The van der Waals surface area contributed by atoms with Crippen LogP contribution in [0.25, 0.3) is 0 Å². The molecule has 0 amide bonds. The number of hydrogen-bond donors (Lipinski definition) is 0. The Morgan fingerprint density at radius 2 is 1.85 bits per heavy atom. The van der Waals surface area contributed by atoms with Crippen LogP contribution >= 0.6 is 11.3 Å². The molecule has 2 aromatic rings. The summed E-state index contributed by atoms with van der Waals surface area (Å²) in [4.78, 5) is 38.0. The molecule has 0 aliphatic heterocycles. The molecule has 0 atom stereocenters. The van der Waals surface area contributed by atoms with Gasteiger partial charge in [-0.15, -0.1) is 11.3 Å². The van der Waals surface area contributed by atoms with Crippen LogP contribution in [0, 0.1) is 20.8 Å². The first-order chi connectivity index (χ1) is 12.4. The highest BCUT2D eigenvalue weighted by Crippen LogP contribution is 2.38. The van der Waals surface area contributed by atoms with E-state index in [0.717, 1.165) is 29.1 Å². The Morgan fingerprint density at radius 1 is 1.12 bits per heavy atom. The number of carbonyl (C=O) groups excluding carboxylic acids is 3. The summed E-state index contributed by atoms with van der Waals surface area (Å²) < 4.78 is 7.27. The maximum Gasteiger partial charge on any atom is 0.306 e. The molecule has 1 saturated carbocycles. The molecule has 138 valence electrons. The van der Waals surface area contributed by atoms with Gasteiger partial charge in [-0.1, -0.05) is 0 Å². The molecule has 0 radical (unpaired) electrons. The first-order valence-electron chi connectivity index (χ1n) is 8.83. The topological polar surface area (TPSA) is 65.4 Å². The SMILES string of the molecule is Cc1ccc(C(=O)CCC(=O)OCC(=O)c2cc(C)n(C3CC3)c2C)s1. The van der Waals surface area contributed by atoms with Crippen molar-refractivity contribution in [1.29, 1.82) is 0 Å². The van der Waals surface area contributed by atoms with Crippen molar-refractivity contribution in [2.24, 2.45) is 0 Å². The van der Waals surface area contributed by atoms with Crippen LogP contribution in [0.2, 0.25) is 0 Å². The fraction of sp³-hybridized carbons (Fsp3) is 0.450. The number of aryl methyl sites for hydroxylation is 2. The molecular weight excluding hydrogens is 350 g/mol. The molecule has 26 heavy (non-hydrogen) atoms. The van der Waals surface area contributed by atoms with Gasteiger partial charge in [0.1, 0.15) is 0 Å². The predicted molar refractivity (Wildman–Crippen MR) is 100 cm³/mol. The van der Waals surface area contributed by atoms with E-state index < -0.39 is 5.97 Å². The molecule has 6 heteroatoms. The van der Waals surface area contributed by atoms with Crippen LogP contribution < -0.4 is 0 Å². The first-order valence-corrected chi connectivity index (χ1v) is 9.65. The second-order valence-electron chi connectivity index (χ2n) is 6.80. The van der Waals surface area contributed by atoms with Crippen molar-refractivity contribution in [1.82, 2.24) is 4.57 Å². The van der Waals surface area contributed by atoms with Gasteiger partial charge < -0.3 is 9.30 Å². The van der Waals surface area contributed by atoms with Gasteiger partial charge in [-0.25, -0.2) is 0 Å². The first kappa shape index (κ1) is 18.6. The van der Waals surface area contributed by atoms with Gasteiger partial charge in [0.05, 0.1) is 11.3 Å². The highest BCUT2D eigenvalue weighted by atomic mass is 32.1. The summed E-state index contributed by atoms with van der Waals surface area (Å²) in [6.45, 7) is 5.58. The van der Waals surface area contributed by atoms with Gasteiger partial charge in [-0.3, -0.25) is 14.4 Å². The van der Waals surface area contributed by atoms with Crippen molar-refractivity contribution in [2.45, 2.75) is 52.5 Å². The lowest BCUT2D eigenvalue weighted by molar-refractivity contribution is -0.142. The fourth-order valence-electron chi connectivity index (χ4n) is 3.17. The number of ketones is 2. The number of carbonyl (C=O) groups is 3. The Kier molecular flexibility index (Phi) is 5.41. The van der Waals surface area contributed by atoms with E-state index >= 15 is 0 Å². The summed E-state index contributed by atoms with van der Waals surface area (Å²) >= 11 is 1.42. The molecule has 1 aliphatic carbocycles. The molecule has 0 saturated heterocycles. The zero-order valence-corrected chi connectivity index (χ0v) is 16.1. The minimum absolute atomic E-state index is 0.00977. The minimum Gasteiger partial charge on any atom is -0.457 e. The summed E-state index contributed by atoms with van der Waals surface area (Å²) in [5.74, 6) is -0.783. The average molecular weight is 373 g/mol. The zero-order chi connectivity index (χ0) is 18.8. The van der Waals surface area contributed by atoms with Gasteiger partial charge in [-0.2, -0.15) is 0 Å². The van der Waals surface area contributed by atoms with Crippen LogP contribution in [0.4, 0.5) is 0 Å². The third kappa shape index (κ3) is 4.12. The lowest BCUT2D eigenvalue weighted by atomic mass is 10.1. The monoisotopic (exact) mass is 373 g/mol. The van der Waals surface area contributed by atoms with E-state index in [1.807, 2.05) is 32.9 Å². The van der Waals surface area contributed by atoms with Gasteiger partial charge in [0.2, 0.25) is 5.78 Å². The molecule has 0 N–H and O–H groups in total. The van der Waals surface area contributed by atoms with E-state index in [9.17, 15) is 14.4 Å². The number of thiophene rings is 1. The average Bonchev–Trinajstić information content (AvgIpc) is 3.26. The summed E-state index contributed by atoms with van der Waals surface area (Å²) in [5.41, 5.74) is 2.62. The van der Waals surface area contributed by atoms with E-state index in [-0.39, 0.29) is 31.0 Å². The number of nitrogens with zero attached hydrogens (tertiary/aromatic N) is 1. The van der Waals surface area contributed by atoms with Crippen LogP contribution in [0.5, 0.6) is 0 Å². The molecule has 3 rings (SSSR count). The van der Waals surface area contributed by atoms with Gasteiger partial charge in [-0.05, 0) is 51.8 Å². The maximum atomic E-state index is 12.4. The number of rotatable bonds is 8. The van der Waals surface area contributed by atoms with Gasteiger partial charge in [0.15, 0.2) is 12.4 Å². The zero-order valence-electron chi connectivity index (χ0n) is 15.3. The molecule has 0 aromatic carbocycles. The lowest BCUT2D eigenvalue weighted by Gasteiger charge is -2.08. The Morgan fingerprint density at radius 3 is 2.46 bits per heavy atom. The Bertz CT molecular complexity index is 857. The number of aromatic nitrogens is 1. The van der Waals surface area contributed by atoms with Crippen LogP contribution in [0.15, 0.2) is 18.2 Å².